The number of hydrogen-bond acceptors (Lipinski definition) is 6. The number of hydrogen-bond donors (Lipinski definition) is 1. The van der Waals surface area contributed by atoms with Crippen molar-refractivity contribution in [2.24, 2.45) is 0 Å². The molecule has 10 heteroatoms. The normalized spacial score (nSPS) is 16.5. The molecule has 1 N–H and O–H groups in total. The van der Waals surface area contributed by atoms with E-state index in [2.05, 4.69) is 15.3 Å². The minimum Gasteiger partial charge on any atom is -0.497 e. The summed E-state index contributed by atoms with van der Waals surface area (Å²) in [5.74, 6) is 0.675. The number of benzene rings is 1. The number of nitrogens with one attached hydrogen (secondary N) is 1. The Balaban J connectivity index is 1.64. The molecule has 1 atom stereocenters. The van der Waals surface area contributed by atoms with E-state index in [0.717, 1.165) is 30.7 Å². The molecule has 162 valence electrons. The Hall–Kier alpha value is -2.33. The lowest BCUT2D eigenvalue weighted by Gasteiger charge is -2.12. The highest BCUT2D eigenvalue weighted by Gasteiger charge is 2.34. The largest absolute Gasteiger partial charge is 0.497 e. The van der Waals surface area contributed by atoms with Crippen LogP contribution in [0, 0.1) is 0 Å². The molecule has 1 saturated heterocycles. The minimum absolute atomic E-state index is 0.0254. The summed E-state index contributed by atoms with van der Waals surface area (Å²) in [6.07, 6.45) is -2.51. The van der Waals surface area contributed by atoms with Gasteiger partial charge in [0.05, 0.1) is 18.9 Å². The second-order valence-electron chi connectivity index (χ2n) is 6.68. The van der Waals surface area contributed by atoms with Crippen molar-refractivity contribution in [2.45, 2.75) is 36.7 Å². The first-order chi connectivity index (χ1) is 14.3. The second kappa shape index (κ2) is 10.1. The molecule has 0 unspecified atom stereocenters. The Morgan fingerprint density at radius 1 is 1.30 bits per heavy atom. The molecule has 1 amide bonds. The fraction of sp³-hybridized carbons (Fsp3) is 0.450. The minimum atomic E-state index is -4.60. The van der Waals surface area contributed by atoms with Crippen molar-refractivity contribution in [1.82, 2.24) is 15.3 Å². The Morgan fingerprint density at radius 2 is 2.07 bits per heavy atom. The Labute approximate surface area is 176 Å². The summed E-state index contributed by atoms with van der Waals surface area (Å²) >= 11 is 1.01. The molecule has 1 aromatic heterocycles. The Bertz CT molecular complexity index is 857. The molecule has 2 aromatic rings. The fourth-order valence-electron chi connectivity index (χ4n) is 2.90. The van der Waals surface area contributed by atoms with Gasteiger partial charge in [-0.05, 0) is 43.2 Å². The van der Waals surface area contributed by atoms with Crippen LogP contribution in [0.15, 0.2) is 35.5 Å². The van der Waals surface area contributed by atoms with E-state index in [-0.39, 0.29) is 35.0 Å². The third kappa shape index (κ3) is 6.33. The highest BCUT2D eigenvalue weighted by molar-refractivity contribution is 7.99. The maximum absolute atomic E-state index is 13.3. The summed E-state index contributed by atoms with van der Waals surface area (Å²) in [5, 5.41) is 2.76. The van der Waals surface area contributed by atoms with E-state index in [1.54, 1.807) is 24.3 Å². The smallest absolute Gasteiger partial charge is 0.433 e. The number of amides is 1. The Morgan fingerprint density at radius 3 is 2.70 bits per heavy atom. The first-order valence-electron chi connectivity index (χ1n) is 9.47. The number of halogens is 3. The number of thioether (sulfide) groups is 1. The number of nitrogens with zero attached hydrogens (tertiary/aromatic N) is 2. The van der Waals surface area contributed by atoms with Crippen molar-refractivity contribution in [1.29, 1.82) is 0 Å². The molecule has 0 aliphatic carbocycles. The van der Waals surface area contributed by atoms with E-state index in [1.165, 1.54) is 7.11 Å². The molecule has 3 rings (SSSR count). The third-order valence-corrected chi connectivity index (χ3v) is 5.34. The van der Waals surface area contributed by atoms with Crippen LogP contribution in [0.4, 0.5) is 13.2 Å². The molecular formula is C20H22F3N3O3S. The van der Waals surface area contributed by atoms with E-state index >= 15 is 0 Å². The molecular weight excluding hydrogens is 419 g/mol. The number of rotatable bonds is 8. The van der Waals surface area contributed by atoms with Gasteiger partial charge in [0.2, 0.25) is 5.91 Å². The number of carbonyl (C=O) groups is 1. The van der Waals surface area contributed by atoms with Crippen LogP contribution in [-0.4, -0.2) is 48.0 Å². The van der Waals surface area contributed by atoms with Gasteiger partial charge in [0.1, 0.15) is 11.4 Å². The maximum atomic E-state index is 13.3. The summed E-state index contributed by atoms with van der Waals surface area (Å²) in [4.78, 5) is 19.8. The predicted molar refractivity (Wildman–Crippen MR) is 106 cm³/mol. The highest BCUT2D eigenvalue weighted by atomic mass is 32.2. The first-order valence-corrected chi connectivity index (χ1v) is 10.5. The zero-order chi connectivity index (χ0) is 21.6. The van der Waals surface area contributed by atoms with E-state index < -0.39 is 11.9 Å². The number of carbonyl (C=O) groups excluding carboxylic acids is 1. The van der Waals surface area contributed by atoms with Crippen molar-refractivity contribution in [3.63, 3.8) is 0 Å². The van der Waals surface area contributed by atoms with Gasteiger partial charge in [-0.25, -0.2) is 9.97 Å². The van der Waals surface area contributed by atoms with E-state index in [4.69, 9.17) is 9.47 Å². The summed E-state index contributed by atoms with van der Waals surface area (Å²) in [7, 11) is 1.51. The summed E-state index contributed by atoms with van der Waals surface area (Å²) in [6.45, 7) is 1.16. The molecule has 0 radical (unpaired) electrons. The molecule has 2 heterocycles. The lowest BCUT2D eigenvalue weighted by Crippen LogP contribution is -2.31. The van der Waals surface area contributed by atoms with Crippen LogP contribution in [0.2, 0.25) is 0 Å². The van der Waals surface area contributed by atoms with Gasteiger partial charge in [0, 0.05) is 30.9 Å². The van der Waals surface area contributed by atoms with Crippen molar-refractivity contribution >= 4 is 17.7 Å². The van der Waals surface area contributed by atoms with Crippen molar-refractivity contribution in [3.8, 4) is 17.0 Å². The third-order valence-electron chi connectivity index (χ3n) is 4.49. The average molecular weight is 441 g/mol. The van der Waals surface area contributed by atoms with Gasteiger partial charge >= 0.3 is 6.18 Å². The van der Waals surface area contributed by atoms with Gasteiger partial charge in [-0.2, -0.15) is 13.2 Å². The van der Waals surface area contributed by atoms with Crippen molar-refractivity contribution in [2.75, 3.05) is 26.0 Å². The quantitative estimate of drug-likeness (QED) is 0.494. The van der Waals surface area contributed by atoms with Crippen LogP contribution in [0.1, 0.15) is 25.0 Å². The number of methoxy groups -OCH3 is 1. The first kappa shape index (κ1) is 22.4. The zero-order valence-electron chi connectivity index (χ0n) is 16.4. The van der Waals surface area contributed by atoms with Crippen LogP contribution < -0.4 is 10.1 Å². The van der Waals surface area contributed by atoms with Crippen LogP contribution in [0.3, 0.4) is 0 Å². The summed E-state index contributed by atoms with van der Waals surface area (Å²) in [6, 6.07) is 7.48. The standard InChI is InChI=1S/C20H22F3N3O3S/c1-28-14-6-4-13(5-7-14)16-11-17(20(21,22)23)26-19(25-16)30-10-8-18(27)24-12-15-3-2-9-29-15/h4-7,11,15H,2-3,8-10,12H2,1H3,(H,24,27)/t15-/m1/s1. The van der Waals surface area contributed by atoms with Crippen LogP contribution in [-0.2, 0) is 15.7 Å². The van der Waals surface area contributed by atoms with Gasteiger partial charge < -0.3 is 14.8 Å². The molecule has 0 bridgehead atoms. The van der Waals surface area contributed by atoms with Crippen molar-refractivity contribution < 1.29 is 27.4 Å². The molecule has 0 saturated carbocycles. The predicted octanol–water partition coefficient (Wildman–Crippen LogP) is 3.95. The topological polar surface area (TPSA) is 73.3 Å². The number of aromatic nitrogens is 2. The van der Waals surface area contributed by atoms with Gasteiger partial charge in [-0.3, -0.25) is 4.79 Å². The van der Waals surface area contributed by atoms with Crippen LogP contribution in [0.25, 0.3) is 11.3 Å². The Kier molecular flexibility index (Phi) is 7.54. The molecule has 30 heavy (non-hydrogen) atoms. The highest BCUT2D eigenvalue weighted by Crippen LogP contribution is 2.32. The molecule has 1 aliphatic heterocycles. The molecule has 6 nitrogen and oxygen atoms in total. The number of ether oxygens (including phenoxy) is 2. The summed E-state index contributed by atoms with van der Waals surface area (Å²) in [5.41, 5.74) is -0.348. The van der Waals surface area contributed by atoms with Gasteiger partial charge in [0.25, 0.3) is 0 Å². The maximum Gasteiger partial charge on any atom is 0.433 e. The fourth-order valence-corrected chi connectivity index (χ4v) is 3.70. The summed E-state index contributed by atoms with van der Waals surface area (Å²) < 4.78 is 50.4. The number of alkyl halides is 3. The molecule has 1 aromatic carbocycles. The van der Waals surface area contributed by atoms with Gasteiger partial charge in [-0.1, -0.05) is 11.8 Å². The molecule has 1 aliphatic rings. The van der Waals surface area contributed by atoms with E-state index in [1.807, 2.05) is 0 Å². The lowest BCUT2D eigenvalue weighted by atomic mass is 10.1. The monoisotopic (exact) mass is 441 g/mol. The van der Waals surface area contributed by atoms with E-state index in [9.17, 15) is 18.0 Å². The molecule has 1 fully saturated rings. The van der Waals surface area contributed by atoms with Crippen LogP contribution >= 0.6 is 11.8 Å². The van der Waals surface area contributed by atoms with Gasteiger partial charge in [-0.15, -0.1) is 0 Å². The average Bonchev–Trinajstić information content (AvgIpc) is 3.25. The van der Waals surface area contributed by atoms with Crippen molar-refractivity contribution in [3.05, 3.63) is 36.0 Å². The van der Waals surface area contributed by atoms with Gasteiger partial charge in [0.15, 0.2) is 5.16 Å². The zero-order valence-corrected chi connectivity index (χ0v) is 17.2. The van der Waals surface area contributed by atoms with E-state index in [0.29, 0.717) is 24.5 Å². The lowest BCUT2D eigenvalue weighted by molar-refractivity contribution is -0.141. The second-order valence-corrected chi connectivity index (χ2v) is 7.75. The van der Waals surface area contributed by atoms with Crippen LogP contribution in [0.5, 0.6) is 5.75 Å². The molecule has 0 spiro atoms. The SMILES string of the molecule is COc1ccc(-c2cc(C(F)(F)F)nc(SCCC(=O)NC[C@H]3CCCO3)n2)cc1.